The average Bonchev–Trinajstić information content (AvgIpc) is 3.36. The molecule has 0 bridgehead atoms. The predicted octanol–water partition coefficient (Wildman–Crippen LogP) is 4.22. The number of carbonyl (C=O) groups is 2. The Kier molecular flexibility index (Phi) is 6.89. The number of benzene rings is 2. The molecule has 2 aromatic rings. The Morgan fingerprint density at radius 2 is 1.67 bits per heavy atom. The molecule has 1 saturated heterocycles. The van der Waals surface area contributed by atoms with Crippen molar-refractivity contribution < 1.29 is 14.0 Å². The molecule has 1 heterocycles. The van der Waals surface area contributed by atoms with Crippen molar-refractivity contribution in [2.24, 2.45) is 0 Å². The molecular weight excluding hydrogens is 419 g/mol. The third-order valence-electron chi connectivity index (χ3n) is 6.27. The van der Waals surface area contributed by atoms with Crippen LogP contribution in [0, 0.1) is 5.82 Å². The first-order chi connectivity index (χ1) is 15.9. The van der Waals surface area contributed by atoms with Gasteiger partial charge in [-0.15, -0.1) is 0 Å². The Hall–Kier alpha value is -3.45. The van der Waals surface area contributed by atoms with Crippen LogP contribution in [-0.4, -0.2) is 35.8 Å². The highest BCUT2D eigenvalue weighted by atomic mass is 19.1. The van der Waals surface area contributed by atoms with E-state index in [1.807, 2.05) is 13.0 Å². The number of anilines is 2. The first-order valence-corrected chi connectivity index (χ1v) is 11.3. The number of nitrogens with two attached hydrogens (primary N) is 1. The van der Waals surface area contributed by atoms with Gasteiger partial charge in [0.25, 0.3) is 5.91 Å². The lowest BCUT2D eigenvalue weighted by molar-refractivity contribution is -0.124. The third kappa shape index (κ3) is 5.49. The van der Waals surface area contributed by atoms with E-state index >= 15 is 0 Å². The SMILES string of the molecule is CC(C(=O)NC1=CC=C(C(=O)Nc2cc(-c3ccc(F)cc3)ccc2N)CC1)N1CCCC1. The van der Waals surface area contributed by atoms with Gasteiger partial charge in [0.15, 0.2) is 0 Å². The molecule has 1 unspecified atom stereocenters. The second-order valence-corrected chi connectivity index (χ2v) is 8.56. The number of nitrogens with zero attached hydrogens (tertiary/aromatic N) is 1. The van der Waals surface area contributed by atoms with Crippen LogP contribution >= 0.6 is 0 Å². The maximum absolute atomic E-state index is 13.2. The van der Waals surface area contributed by atoms with E-state index < -0.39 is 0 Å². The average molecular weight is 449 g/mol. The maximum atomic E-state index is 13.2. The molecule has 1 atom stereocenters. The summed E-state index contributed by atoms with van der Waals surface area (Å²) < 4.78 is 13.2. The molecule has 0 spiro atoms. The van der Waals surface area contributed by atoms with Gasteiger partial charge in [-0.05, 0) is 87.2 Å². The van der Waals surface area contributed by atoms with Crippen molar-refractivity contribution >= 4 is 23.2 Å². The standard InChI is InChI=1S/C26H29FN4O2/c1-17(31-14-2-3-15-31)25(32)29-22-11-6-19(7-12-22)26(33)30-24-16-20(8-13-23(24)28)18-4-9-21(27)10-5-18/h4-6,8-11,13,16-17H,2-3,7,12,14-15,28H2,1H3,(H,29,32)(H,30,33). The fourth-order valence-corrected chi connectivity index (χ4v) is 4.18. The number of allylic oxidation sites excluding steroid dienone is 3. The monoisotopic (exact) mass is 448 g/mol. The zero-order valence-electron chi connectivity index (χ0n) is 18.7. The van der Waals surface area contributed by atoms with Gasteiger partial charge in [0.05, 0.1) is 17.4 Å². The van der Waals surface area contributed by atoms with Crippen molar-refractivity contribution in [2.75, 3.05) is 24.1 Å². The van der Waals surface area contributed by atoms with Crippen LogP contribution in [0.1, 0.15) is 32.6 Å². The molecule has 1 fully saturated rings. The Balaban J connectivity index is 1.40. The Morgan fingerprint density at radius 1 is 0.970 bits per heavy atom. The third-order valence-corrected chi connectivity index (χ3v) is 6.27. The first kappa shape index (κ1) is 22.7. The van der Waals surface area contributed by atoms with Crippen LogP contribution in [0.15, 0.2) is 65.9 Å². The molecule has 0 saturated carbocycles. The lowest BCUT2D eigenvalue weighted by Crippen LogP contribution is -2.43. The number of likely N-dealkylation sites (tertiary alicyclic amines) is 1. The molecule has 2 amide bonds. The molecule has 2 aliphatic rings. The fourth-order valence-electron chi connectivity index (χ4n) is 4.18. The van der Waals surface area contributed by atoms with Gasteiger partial charge in [-0.25, -0.2) is 4.39 Å². The van der Waals surface area contributed by atoms with E-state index in [1.54, 1.807) is 36.4 Å². The summed E-state index contributed by atoms with van der Waals surface area (Å²) in [6, 6.07) is 11.3. The summed E-state index contributed by atoms with van der Waals surface area (Å²) in [6.45, 7) is 3.86. The van der Waals surface area contributed by atoms with Crippen molar-refractivity contribution in [3.8, 4) is 11.1 Å². The van der Waals surface area contributed by atoms with Gasteiger partial charge in [0, 0.05) is 11.3 Å². The van der Waals surface area contributed by atoms with Gasteiger partial charge in [-0.2, -0.15) is 0 Å². The topological polar surface area (TPSA) is 87.5 Å². The van der Waals surface area contributed by atoms with Gasteiger partial charge in [-0.1, -0.05) is 24.3 Å². The molecule has 2 aromatic carbocycles. The number of hydrogen-bond donors (Lipinski definition) is 3. The fraction of sp³-hybridized carbons (Fsp3) is 0.308. The van der Waals surface area contributed by atoms with Crippen LogP contribution in [0.4, 0.5) is 15.8 Å². The molecule has 1 aliphatic carbocycles. The Morgan fingerprint density at radius 3 is 2.33 bits per heavy atom. The van der Waals surface area contributed by atoms with Crippen LogP contribution in [0.2, 0.25) is 0 Å². The Bertz CT molecular complexity index is 1100. The predicted molar refractivity (Wildman–Crippen MR) is 129 cm³/mol. The van der Waals surface area contributed by atoms with Crippen molar-refractivity contribution in [1.29, 1.82) is 0 Å². The lowest BCUT2D eigenvalue weighted by Gasteiger charge is -2.24. The van der Waals surface area contributed by atoms with E-state index in [9.17, 15) is 14.0 Å². The molecule has 0 aromatic heterocycles. The molecule has 4 rings (SSSR count). The molecule has 1 aliphatic heterocycles. The summed E-state index contributed by atoms with van der Waals surface area (Å²) in [5.41, 5.74) is 10.1. The summed E-state index contributed by atoms with van der Waals surface area (Å²) in [5.74, 6) is -0.541. The summed E-state index contributed by atoms with van der Waals surface area (Å²) in [7, 11) is 0. The van der Waals surface area contributed by atoms with E-state index in [4.69, 9.17) is 5.73 Å². The quantitative estimate of drug-likeness (QED) is 0.578. The van der Waals surface area contributed by atoms with Gasteiger partial charge in [-0.3, -0.25) is 14.5 Å². The number of carbonyl (C=O) groups excluding carboxylic acids is 2. The summed E-state index contributed by atoms with van der Waals surface area (Å²) in [4.78, 5) is 27.5. The molecular formula is C26H29FN4O2. The minimum absolute atomic E-state index is 0.00478. The molecule has 0 radical (unpaired) electrons. The van der Waals surface area contributed by atoms with Crippen molar-refractivity contribution in [3.05, 3.63) is 71.7 Å². The summed E-state index contributed by atoms with van der Waals surface area (Å²) >= 11 is 0. The molecule has 33 heavy (non-hydrogen) atoms. The second-order valence-electron chi connectivity index (χ2n) is 8.56. The van der Waals surface area contributed by atoms with Crippen molar-refractivity contribution in [2.45, 2.75) is 38.6 Å². The van der Waals surface area contributed by atoms with Crippen LogP contribution in [0.3, 0.4) is 0 Å². The minimum Gasteiger partial charge on any atom is -0.397 e. The van der Waals surface area contributed by atoms with Crippen molar-refractivity contribution in [1.82, 2.24) is 10.2 Å². The molecule has 4 N–H and O–H groups in total. The smallest absolute Gasteiger partial charge is 0.251 e. The minimum atomic E-state index is -0.305. The molecule has 7 heteroatoms. The summed E-state index contributed by atoms with van der Waals surface area (Å²) in [6.07, 6.45) is 6.93. The maximum Gasteiger partial charge on any atom is 0.251 e. The largest absolute Gasteiger partial charge is 0.397 e. The van der Waals surface area contributed by atoms with Gasteiger partial charge in [0.2, 0.25) is 5.91 Å². The van der Waals surface area contributed by atoms with Crippen LogP contribution in [-0.2, 0) is 9.59 Å². The second kappa shape index (κ2) is 10.0. The zero-order chi connectivity index (χ0) is 23.4. The number of hydrogen-bond acceptors (Lipinski definition) is 4. The first-order valence-electron chi connectivity index (χ1n) is 11.3. The Labute approximate surface area is 193 Å². The van der Waals surface area contributed by atoms with Crippen LogP contribution < -0.4 is 16.4 Å². The van der Waals surface area contributed by atoms with E-state index in [1.165, 1.54) is 12.1 Å². The molecule has 6 nitrogen and oxygen atoms in total. The van der Waals surface area contributed by atoms with Crippen LogP contribution in [0.25, 0.3) is 11.1 Å². The highest BCUT2D eigenvalue weighted by molar-refractivity contribution is 6.06. The number of amides is 2. The van der Waals surface area contributed by atoms with E-state index in [2.05, 4.69) is 15.5 Å². The highest BCUT2D eigenvalue weighted by Gasteiger charge is 2.25. The number of nitrogens with one attached hydrogen (secondary N) is 2. The van der Waals surface area contributed by atoms with Gasteiger partial charge < -0.3 is 16.4 Å². The van der Waals surface area contributed by atoms with Gasteiger partial charge in [0.1, 0.15) is 5.82 Å². The van der Waals surface area contributed by atoms with E-state index in [0.29, 0.717) is 29.8 Å². The lowest BCUT2D eigenvalue weighted by atomic mass is 10.0. The zero-order valence-corrected chi connectivity index (χ0v) is 18.7. The number of halogens is 1. The normalized spacial score (nSPS) is 17.2. The van der Waals surface area contributed by atoms with Crippen LogP contribution in [0.5, 0.6) is 0 Å². The van der Waals surface area contributed by atoms with E-state index in [-0.39, 0.29) is 23.7 Å². The summed E-state index contributed by atoms with van der Waals surface area (Å²) in [5, 5.41) is 5.88. The van der Waals surface area contributed by atoms with Gasteiger partial charge >= 0.3 is 0 Å². The number of nitrogen functional groups attached to an aromatic ring is 1. The van der Waals surface area contributed by atoms with E-state index in [0.717, 1.165) is 42.8 Å². The number of rotatable bonds is 6. The van der Waals surface area contributed by atoms with Crippen molar-refractivity contribution in [3.63, 3.8) is 0 Å². The molecule has 172 valence electrons. The highest BCUT2D eigenvalue weighted by Crippen LogP contribution is 2.28.